The van der Waals surface area contributed by atoms with E-state index in [9.17, 15) is 9.00 Å². The third-order valence-corrected chi connectivity index (χ3v) is 5.82. The first kappa shape index (κ1) is 14.0. The molecule has 18 heavy (non-hydrogen) atoms. The molecular weight excluding hydrogens is 248 g/mol. The van der Waals surface area contributed by atoms with E-state index in [0.29, 0.717) is 0 Å². The second-order valence-corrected chi connectivity index (χ2v) is 7.18. The highest BCUT2D eigenvalue weighted by molar-refractivity contribution is 7.85. The smallest absolute Gasteiger partial charge is 0.226 e. The van der Waals surface area contributed by atoms with E-state index in [0.717, 1.165) is 56.7 Å². The average molecular weight is 272 g/mol. The first-order valence-corrected chi connectivity index (χ1v) is 8.52. The Morgan fingerprint density at radius 2 is 1.94 bits per heavy atom. The van der Waals surface area contributed by atoms with E-state index in [1.54, 1.807) is 0 Å². The molecule has 2 rings (SSSR count). The molecule has 0 atom stereocenters. The monoisotopic (exact) mass is 272 g/mol. The van der Waals surface area contributed by atoms with Gasteiger partial charge in [-0.1, -0.05) is 6.92 Å². The van der Waals surface area contributed by atoms with Gasteiger partial charge in [-0.15, -0.1) is 0 Å². The molecule has 2 fully saturated rings. The number of rotatable bonds is 3. The molecule has 5 heteroatoms. The highest BCUT2D eigenvalue weighted by Crippen LogP contribution is 2.33. The Morgan fingerprint density at radius 1 is 1.33 bits per heavy atom. The van der Waals surface area contributed by atoms with Crippen molar-refractivity contribution in [3.05, 3.63) is 0 Å². The lowest BCUT2D eigenvalue weighted by Gasteiger charge is -2.37. The molecule has 2 aliphatic heterocycles. The van der Waals surface area contributed by atoms with Gasteiger partial charge in [0.05, 0.1) is 5.41 Å². The van der Waals surface area contributed by atoms with Crippen molar-refractivity contribution >= 4 is 16.7 Å². The topological polar surface area (TPSA) is 58.2 Å². The predicted molar refractivity (Wildman–Crippen MR) is 73.9 cm³/mol. The zero-order valence-electron chi connectivity index (χ0n) is 11.2. The van der Waals surface area contributed by atoms with Gasteiger partial charge in [-0.3, -0.25) is 9.00 Å². The number of amides is 1. The summed E-state index contributed by atoms with van der Waals surface area (Å²) in [6, 6.07) is 0.244. The van der Waals surface area contributed by atoms with Crippen LogP contribution in [0.2, 0.25) is 0 Å². The van der Waals surface area contributed by atoms with Crippen molar-refractivity contribution in [1.29, 1.82) is 0 Å². The third-order valence-electron chi connectivity index (χ3n) is 4.44. The van der Waals surface area contributed by atoms with E-state index in [-0.39, 0.29) is 17.4 Å². The van der Waals surface area contributed by atoms with Crippen LogP contribution in [0, 0.1) is 5.41 Å². The summed E-state index contributed by atoms with van der Waals surface area (Å²) in [5, 5.41) is 6.52. The summed E-state index contributed by atoms with van der Waals surface area (Å²) in [5.41, 5.74) is -0.165. The second-order valence-electron chi connectivity index (χ2n) is 5.48. The van der Waals surface area contributed by atoms with Crippen LogP contribution in [0.15, 0.2) is 0 Å². The Hall–Kier alpha value is -0.420. The number of carbonyl (C=O) groups excluding carboxylic acids is 1. The molecule has 4 nitrogen and oxygen atoms in total. The van der Waals surface area contributed by atoms with Crippen LogP contribution in [-0.2, 0) is 15.6 Å². The molecule has 0 aromatic carbocycles. The lowest BCUT2D eigenvalue weighted by Crippen LogP contribution is -2.51. The zero-order valence-corrected chi connectivity index (χ0v) is 12.0. The Labute approximate surface area is 112 Å². The molecule has 0 aliphatic carbocycles. The molecule has 0 spiro atoms. The van der Waals surface area contributed by atoms with Gasteiger partial charge >= 0.3 is 0 Å². The molecule has 0 unspecified atom stereocenters. The number of hydrogen-bond donors (Lipinski definition) is 2. The molecule has 0 saturated carbocycles. The van der Waals surface area contributed by atoms with Crippen LogP contribution in [0.3, 0.4) is 0 Å². The number of piperidine rings is 1. The molecule has 0 aromatic heterocycles. The summed E-state index contributed by atoms with van der Waals surface area (Å²) in [7, 11) is -0.654. The third kappa shape index (κ3) is 3.12. The lowest BCUT2D eigenvalue weighted by atomic mass is 9.75. The van der Waals surface area contributed by atoms with Crippen LogP contribution < -0.4 is 10.6 Å². The first-order chi connectivity index (χ1) is 8.66. The molecule has 0 bridgehead atoms. The quantitative estimate of drug-likeness (QED) is 0.799. The van der Waals surface area contributed by atoms with Gasteiger partial charge in [-0.25, -0.2) is 0 Å². The fourth-order valence-electron chi connectivity index (χ4n) is 2.92. The maximum absolute atomic E-state index is 12.5. The summed E-state index contributed by atoms with van der Waals surface area (Å²) >= 11 is 0. The summed E-state index contributed by atoms with van der Waals surface area (Å²) in [6.07, 6.45) is 4.54. The van der Waals surface area contributed by atoms with Crippen LogP contribution in [0.25, 0.3) is 0 Å². The lowest BCUT2D eigenvalue weighted by molar-refractivity contribution is -0.133. The minimum Gasteiger partial charge on any atom is -0.353 e. The van der Waals surface area contributed by atoms with Gasteiger partial charge in [-0.2, -0.15) is 0 Å². The molecular formula is C13H24N2O2S. The summed E-state index contributed by atoms with van der Waals surface area (Å²) in [6.45, 7) is 3.99. The van der Waals surface area contributed by atoms with Crippen LogP contribution >= 0.6 is 0 Å². The molecule has 0 radical (unpaired) electrons. The predicted octanol–water partition coefficient (Wildman–Crippen LogP) is 0.793. The molecule has 2 heterocycles. The van der Waals surface area contributed by atoms with E-state index < -0.39 is 10.8 Å². The molecule has 104 valence electrons. The van der Waals surface area contributed by atoms with Crippen molar-refractivity contribution < 1.29 is 9.00 Å². The van der Waals surface area contributed by atoms with Gasteiger partial charge in [0.15, 0.2) is 0 Å². The Morgan fingerprint density at radius 3 is 2.50 bits per heavy atom. The van der Waals surface area contributed by atoms with Crippen LogP contribution in [-0.4, -0.2) is 40.8 Å². The molecule has 2 N–H and O–H groups in total. The van der Waals surface area contributed by atoms with Crippen molar-refractivity contribution in [3.8, 4) is 0 Å². The van der Waals surface area contributed by atoms with Gasteiger partial charge in [0.2, 0.25) is 5.91 Å². The number of hydrogen-bond acceptors (Lipinski definition) is 3. The molecule has 0 aromatic rings. The van der Waals surface area contributed by atoms with Crippen LogP contribution in [0.1, 0.15) is 39.0 Å². The van der Waals surface area contributed by atoms with E-state index in [1.165, 1.54) is 0 Å². The maximum atomic E-state index is 12.5. The van der Waals surface area contributed by atoms with Gasteiger partial charge in [0.25, 0.3) is 0 Å². The minimum atomic E-state index is -0.654. The van der Waals surface area contributed by atoms with Crippen LogP contribution in [0.4, 0.5) is 0 Å². The SMILES string of the molecule is CCC1(C(=O)NC2CCS(=O)CC2)CCNCC1. The molecule has 2 aliphatic rings. The molecule has 1 amide bonds. The van der Waals surface area contributed by atoms with Gasteiger partial charge in [0, 0.05) is 28.3 Å². The van der Waals surface area contributed by atoms with Crippen molar-refractivity contribution in [2.45, 2.75) is 45.1 Å². The van der Waals surface area contributed by atoms with Crippen molar-refractivity contribution in [3.63, 3.8) is 0 Å². The van der Waals surface area contributed by atoms with Crippen molar-refractivity contribution in [1.82, 2.24) is 10.6 Å². The van der Waals surface area contributed by atoms with E-state index in [4.69, 9.17) is 0 Å². The highest BCUT2D eigenvalue weighted by atomic mass is 32.2. The average Bonchev–Trinajstić information content (AvgIpc) is 2.42. The second kappa shape index (κ2) is 6.15. The van der Waals surface area contributed by atoms with Crippen molar-refractivity contribution in [2.24, 2.45) is 5.41 Å². The van der Waals surface area contributed by atoms with E-state index >= 15 is 0 Å². The van der Waals surface area contributed by atoms with Gasteiger partial charge in [-0.05, 0) is 45.2 Å². The fourth-order valence-corrected chi connectivity index (χ4v) is 4.22. The Kier molecular flexibility index (Phi) is 4.78. The van der Waals surface area contributed by atoms with E-state index in [1.807, 2.05) is 0 Å². The highest BCUT2D eigenvalue weighted by Gasteiger charge is 2.38. The Bertz CT molecular complexity index is 317. The number of carbonyl (C=O) groups is 1. The fraction of sp³-hybridized carbons (Fsp3) is 0.923. The Balaban J connectivity index is 1.91. The zero-order chi connectivity index (χ0) is 13.0. The summed E-state index contributed by atoms with van der Waals surface area (Å²) in [5.74, 6) is 1.71. The van der Waals surface area contributed by atoms with E-state index in [2.05, 4.69) is 17.6 Å². The molecule has 2 saturated heterocycles. The summed E-state index contributed by atoms with van der Waals surface area (Å²) < 4.78 is 11.3. The summed E-state index contributed by atoms with van der Waals surface area (Å²) in [4.78, 5) is 12.5. The minimum absolute atomic E-state index is 0.165. The number of nitrogens with one attached hydrogen (secondary N) is 2. The van der Waals surface area contributed by atoms with Crippen LogP contribution in [0.5, 0.6) is 0 Å². The van der Waals surface area contributed by atoms with Gasteiger partial charge < -0.3 is 10.6 Å². The van der Waals surface area contributed by atoms with Crippen molar-refractivity contribution in [2.75, 3.05) is 24.6 Å². The van der Waals surface area contributed by atoms with Gasteiger partial charge in [0.1, 0.15) is 0 Å². The standard InChI is InChI=1S/C13H24N2O2S/c1-2-13(5-7-14-8-6-13)12(16)15-11-3-9-18(17)10-4-11/h11,14H,2-10H2,1H3,(H,15,16). The first-order valence-electron chi connectivity index (χ1n) is 7.03. The maximum Gasteiger partial charge on any atom is 0.226 e. The normalized spacial score (nSPS) is 31.8. The largest absolute Gasteiger partial charge is 0.353 e.